The molecule has 0 saturated heterocycles. The van der Waals surface area contributed by atoms with E-state index in [1.807, 2.05) is 6.07 Å². The van der Waals surface area contributed by atoms with Crippen LogP contribution in [0, 0.1) is 5.92 Å². The van der Waals surface area contributed by atoms with Crippen LogP contribution >= 0.6 is 15.9 Å². The number of anilines is 1. The van der Waals surface area contributed by atoms with Crippen LogP contribution in [0.2, 0.25) is 0 Å². The van der Waals surface area contributed by atoms with E-state index in [1.165, 1.54) is 0 Å². The zero-order valence-corrected chi connectivity index (χ0v) is 13.2. The highest BCUT2D eigenvalue weighted by Crippen LogP contribution is 2.24. The van der Waals surface area contributed by atoms with E-state index in [9.17, 15) is 9.90 Å². The Bertz CT molecular complexity index is 643. The van der Waals surface area contributed by atoms with Crippen molar-refractivity contribution < 1.29 is 15.0 Å². The van der Waals surface area contributed by atoms with E-state index in [2.05, 4.69) is 25.9 Å². The summed E-state index contributed by atoms with van der Waals surface area (Å²) in [5.74, 6) is -0.925. The van der Waals surface area contributed by atoms with Crippen molar-refractivity contribution in [2.45, 2.75) is 19.9 Å². The lowest BCUT2D eigenvalue weighted by Gasteiger charge is -2.07. The molecule has 8 heteroatoms. The van der Waals surface area contributed by atoms with E-state index >= 15 is 0 Å². The van der Waals surface area contributed by atoms with Crippen LogP contribution in [0.1, 0.15) is 13.8 Å². The Balaban J connectivity index is 0.000000240. The van der Waals surface area contributed by atoms with Crippen LogP contribution in [0.3, 0.4) is 0 Å². The predicted octanol–water partition coefficient (Wildman–Crippen LogP) is 1.73. The number of aromatic nitrogens is 2. The first-order valence-electron chi connectivity index (χ1n) is 6.12. The second kappa shape index (κ2) is 7.19. The number of hydrogen-bond donors (Lipinski definition) is 4. The summed E-state index contributed by atoms with van der Waals surface area (Å²) in [6.45, 7) is 3.55. The van der Waals surface area contributed by atoms with Crippen LogP contribution in [-0.4, -0.2) is 32.2 Å². The lowest BCUT2D eigenvalue weighted by molar-refractivity contribution is -0.139. The monoisotopic (exact) mass is 356 g/mol. The summed E-state index contributed by atoms with van der Waals surface area (Å²) in [6, 6.07) is 4.60. The molecule has 0 aliphatic heterocycles. The number of fused-ring (bicyclic) bond motifs is 1. The molecule has 1 aromatic carbocycles. The van der Waals surface area contributed by atoms with Gasteiger partial charge < -0.3 is 21.7 Å². The third kappa shape index (κ3) is 4.83. The van der Waals surface area contributed by atoms with Crippen LogP contribution in [0.4, 0.5) is 5.95 Å². The summed E-state index contributed by atoms with van der Waals surface area (Å²) in [4.78, 5) is 17.6. The van der Waals surface area contributed by atoms with Crippen LogP contribution < -0.4 is 11.5 Å². The summed E-state index contributed by atoms with van der Waals surface area (Å²) >= 11 is 3.30. The summed E-state index contributed by atoms with van der Waals surface area (Å²) in [5.41, 5.74) is 11.2. The Hall–Kier alpha value is -1.93. The van der Waals surface area contributed by atoms with Crippen LogP contribution in [0.25, 0.3) is 10.9 Å². The molecule has 2 rings (SSSR count). The van der Waals surface area contributed by atoms with Crippen molar-refractivity contribution in [3.8, 4) is 5.88 Å². The summed E-state index contributed by atoms with van der Waals surface area (Å²) in [7, 11) is 0. The third-order valence-corrected chi connectivity index (χ3v) is 3.15. The highest BCUT2D eigenvalue weighted by Gasteiger charge is 2.14. The molecule has 1 atom stereocenters. The van der Waals surface area contributed by atoms with E-state index in [1.54, 1.807) is 26.0 Å². The van der Waals surface area contributed by atoms with E-state index in [0.29, 0.717) is 10.9 Å². The molecule has 6 N–H and O–H groups in total. The Morgan fingerprint density at radius 2 is 1.95 bits per heavy atom. The molecule has 21 heavy (non-hydrogen) atoms. The van der Waals surface area contributed by atoms with E-state index in [0.717, 1.165) is 4.47 Å². The molecule has 1 aromatic heterocycles. The van der Waals surface area contributed by atoms with Gasteiger partial charge in [0.05, 0.1) is 10.9 Å². The second-order valence-corrected chi connectivity index (χ2v) is 5.59. The fraction of sp³-hybridized carbons (Fsp3) is 0.308. The molecular weight excluding hydrogens is 340 g/mol. The topological polar surface area (TPSA) is 135 Å². The number of nitrogens with two attached hydrogens (primary N) is 2. The smallest absolute Gasteiger partial charge is 0.320 e. The quantitative estimate of drug-likeness (QED) is 0.643. The van der Waals surface area contributed by atoms with E-state index in [-0.39, 0.29) is 17.7 Å². The van der Waals surface area contributed by atoms with Crippen LogP contribution in [0.5, 0.6) is 5.88 Å². The number of benzene rings is 1. The lowest BCUT2D eigenvalue weighted by Crippen LogP contribution is -2.34. The molecule has 0 unspecified atom stereocenters. The molecule has 0 spiro atoms. The highest BCUT2D eigenvalue weighted by atomic mass is 79.9. The maximum absolute atomic E-state index is 10.0. The van der Waals surface area contributed by atoms with Gasteiger partial charge in [-0.1, -0.05) is 29.8 Å². The molecule has 2 aromatic rings. The van der Waals surface area contributed by atoms with Crippen LogP contribution in [0.15, 0.2) is 22.7 Å². The van der Waals surface area contributed by atoms with Gasteiger partial charge in [0.1, 0.15) is 6.04 Å². The largest absolute Gasteiger partial charge is 0.493 e. The number of halogens is 1. The third-order valence-electron chi connectivity index (χ3n) is 2.66. The van der Waals surface area contributed by atoms with Gasteiger partial charge in [0.25, 0.3) is 0 Å². The number of hydrogen-bond acceptors (Lipinski definition) is 6. The Labute approximate surface area is 130 Å². The normalized spacial score (nSPS) is 11.9. The van der Waals surface area contributed by atoms with Gasteiger partial charge in [-0.25, -0.2) is 4.98 Å². The summed E-state index contributed by atoms with van der Waals surface area (Å²) in [6.07, 6.45) is 0. The molecule has 0 aliphatic rings. The number of aromatic hydroxyl groups is 1. The van der Waals surface area contributed by atoms with E-state index < -0.39 is 12.0 Å². The van der Waals surface area contributed by atoms with Crippen molar-refractivity contribution in [1.29, 1.82) is 0 Å². The second-order valence-electron chi connectivity index (χ2n) is 4.67. The molecular formula is C13H17BrN4O3. The molecule has 0 aliphatic carbocycles. The van der Waals surface area contributed by atoms with Gasteiger partial charge >= 0.3 is 5.97 Å². The lowest BCUT2D eigenvalue weighted by atomic mass is 10.1. The average molecular weight is 357 g/mol. The summed E-state index contributed by atoms with van der Waals surface area (Å²) < 4.78 is 0.887. The summed E-state index contributed by atoms with van der Waals surface area (Å²) in [5, 5.41) is 18.2. The number of rotatable bonds is 2. The molecule has 0 bridgehead atoms. The van der Waals surface area contributed by atoms with Gasteiger partial charge in [0.15, 0.2) is 0 Å². The number of carbonyl (C=O) groups is 1. The minimum absolute atomic E-state index is 0.0208. The zero-order chi connectivity index (χ0) is 16.2. The van der Waals surface area contributed by atoms with Gasteiger partial charge in [-0.3, -0.25) is 4.79 Å². The first-order chi connectivity index (χ1) is 9.72. The standard InChI is InChI=1S/C8H6BrN3O.C5H11NO2/c9-4-1-2-5-6(3-4)11-8(10)12-7(5)13;1-3(2)4(6)5(7)8/h1-3H,(H3,10,11,12,13);3-4H,6H2,1-2H3,(H,7,8)/t;4-/m.0/s1. The van der Waals surface area contributed by atoms with Gasteiger partial charge in [-0.15, -0.1) is 0 Å². The number of carboxylic acids is 1. The maximum atomic E-state index is 10.0. The molecule has 0 saturated carbocycles. The van der Waals surface area contributed by atoms with Crippen LogP contribution in [-0.2, 0) is 4.79 Å². The molecule has 1 heterocycles. The molecule has 114 valence electrons. The van der Waals surface area contributed by atoms with Crippen molar-refractivity contribution >= 4 is 38.8 Å². The Kier molecular flexibility index (Phi) is 5.86. The van der Waals surface area contributed by atoms with Gasteiger partial charge in [-0.05, 0) is 24.1 Å². The first kappa shape index (κ1) is 17.1. The number of nitrogen functional groups attached to an aromatic ring is 1. The maximum Gasteiger partial charge on any atom is 0.320 e. The van der Waals surface area contributed by atoms with Crippen molar-refractivity contribution in [2.75, 3.05) is 5.73 Å². The van der Waals surface area contributed by atoms with E-state index in [4.69, 9.17) is 16.6 Å². The minimum atomic E-state index is -0.931. The van der Waals surface area contributed by atoms with Crippen molar-refractivity contribution in [2.24, 2.45) is 11.7 Å². The van der Waals surface area contributed by atoms with Crippen molar-refractivity contribution in [3.05, 3.63) is 22.7 Å². The molecule has 0 amide bonds. The predicted molar refractivity (Wildman–Crippen MR) is 83.8 cm³/mol. The Morgan fingerprint density at radius 3 is 2.43 bits per heavy atom. The average Bonchev–Trinajstić information content (AvgIpc) is 2.37. The number of carboxylic acid groups (broad SMARTS) is 1. The van der Waals surface area contributed by atoms with Gasteiger partial charge in [0, 0.05) is 4.47 Å². The van der Waals surface area contributed by atoms with Gasteiger partial charge in [-0.2, -0.15) is 4.98 Å². The number of aliphatic carboxylic acids is 1. The van der Waals surface area contributed by atoms with Crippen molar-refractivity contribution in [1.82, 2.24) is 9.97 Å². The van der Waals surface area contributed by atoms with Gasteiger partial charge in [0.2, 0.25) is 11.8 Å². The first-order valence-corrected chi connectivity index (χ1v) is 6.91. The van der Waals surface area contributed by atoms with Crippen molar-refractivity contribution in [3.63, 3.8) is 0 Å². The number of nitrogens with zero attached hydrogens (tertiary/aromatic N) is 2. The minimum Gasteiger partial charge on any atom is -0.493 e. The fourth-order valence-corrected chi connectivity index (χ4v) is 1.74. The molecule has 7 nitrogen and oxygen atoms in total. The SMILES string of the molecule is CC(C)[C@H](N)C(=O)O.Nc1nc(O)c2ccc(Br)cc2n1. The zero-order valence-electron chi connectivity index (χ0n) is 11.6. The fourth-order valence-electron chi connectivity index (χ4n) is 1.39. The Morgan fingerprint density at radius 1 is 1.33 bits per heavy atom. The highest BCUT2D eigenvalue weighted by molar-refractivity contribution is 9.10. The molecule has 0 radical (unpaired) electrons. The molecule has 0 fully saturated rings.